The third kappa shape index (κ3) is 8.76. The maximum absolute atomic E-state index is 11.7. The highest BCUT2D eigenvalue weighted by Gasteiger charge is 2.15. The summed E-state index contributed by atoms with van der Waals surface area (Å²) in [5.41, 5.74) is 0. The van der Waals surface area contributed by atoms with Crippen LogP contribution in [0, 0.1) is 0 Å². The molecule has 136 valence electrons. The summed E-state index contributed by atoms with van der Waals surface area (Å²) in [4.78, 5) is 11.6. The van der Waals surface area contributed by atoms with Crippen LogP contribution in [-0.4, -0.2) is 39.0 Å². The third-order valence-electron chi connectivity index (χ3n) is 3.20. The fourth-order valence-electron chi connectivity index (χ4n) is 1.97. The first-order chi connectivity index (χ1) is 11.3. The van der Waals surface area contributed by atoms with Crippen molar-refractivity contribution in [2.45, 2.75) is 32.6 Å². The van der Waals surface area contributed by atoms with Gasteiger partial charge in [0.05, 0.1) is 17.4 Å². The molecule has 5 nitrogen and oxygen atoms in total. The van der Waals surface area contributed by atoms with Crippen molar-refractivity contribution in [2.24, 2.45) is 0 Å². The van der Waals surface area contributed by atoms with Crippen molar-refractivity contribution in [3.63, 3.8) is 0 Å². The highest BCUT2D eigenvalue weighted by molar-refractivity contribution is 7.92. The van der Waals surface area contributed by atoms with Gasteiger partial charge in [0.1, 0.15) is 11.5 Å². The number of hydrogen-bond acceptors (Lipinski definition) is 4. The molecule has 1 aromatic carbocycles. The third-order valence-corrected chi connectivity index (χ3v) is 5.35. The van der Waals surface area contributed by atoms with Crippen molar-refractivity contribution in [1.29, 1.82) is 0 Å². The number of unbranched alkanes of at least 4 members (excludes halogenated alkanes) is 2. The van der Waals surface area contributed by atoms with Gasteiger partial charge in [-0.25, -0.2) is 8.42 Å². The van der Waals surface area contributed by atoms with Gasteiger partial charge in [0, 0.05) is 11.6 Å². The van der Waals surface area contributed by atoms with Gasteiger partial charge in [-0.15, -0.1) is 0 Å². The Labute approximate surface area is 153 Å². The van der Waals surface area contributed by atoms with Crippen LogP contribution >= 0.6 is 23.2 Å². The molecule has 24 heavy (non-hydrogen) atoms. The molecule has 0 saturated carbocycles. The zero-order chi connectivity index (χ0) is 18.0. The lowest BCUT2D eigenvalue weighted by atomic mass is 10.3. The molecule has 0 aromatic heterocycles. The normalized spacial score (nSPS) is 11.3. The molecule has 1 rings (SSSR count). The number of rotatable bonds is 11. The van der Waals surface area contributed by atoms with Gasteiger partial charge < -0.3 is 10.1 Å². The number of hydrogen-bond donors (Lipinski definition) is 1. The number of benzene rings is 1. The van der Waals surface area contributed by atoms with Crippen molar-refractivity contribution >= 4 is 38.9 Å². The zero-order valence-corrected chi connectivity index (χ0v) is 16.0. The molecule has 0 aliphatic carbocycles. The number of sulfone groups is 1. The first-order valence-corrected chi connectivity index (χ1v) is 10.5. The Morgan fingerprint density at radius 1 is 1.21 bits per heavy atom. The lowest BCUT2D eigenvalue weighted by Crippen LogP contribution is -2.32. The average molecular weight is 396 g/mol. The topological polar surface area (TPSA) is 72.5 Å². The molecular formula is C16H23Cl2NO4S. The molecule has 1 aromatic rings. The fourth-order valence-corrected chi connectivity index (χ4v) is 3.72. The molecule has 0 spiro atoms. The molecule has 0 unspecified atom stereocenters. The van der Waals surface area contributed by atoms with E-state index in [-0.39, 0.29) is 5.75 Å². The van der Waals surface area contributed by atoms with Gasteiger partial charge in [0.15, 0.2) is 9.84 Å². The van der Waals surface area contributed by atoms with E-state index in [9.17, 15) is 13.2 Å². The maximum Gasteiger partial charge on any atom is 0.235 e. The van der Waals surface area contributed by atoms with Crippen LogP contribution in [0.25, 0.3) is 0 Å². The van der Waals surface area contributed by atoms with Crippen LogP contribution in [0.5, 0.6) is 5.75 Å². The summed E-state index contributed by atoms with van der Waals surface area (Å²) in [5.74, 6) is -0.352. The van der Waals surface area contributed by atoms with Gasteiger partial charge in [-0.1, -0.05) is 43.0 Å². The molecule has 0 bridgehead atoms. The largest absolute Gasteiger partial charge is 0.492 e. The number of halogens is 2. The van der Waals surface area contributed by atoms with Crippen molar-refractivity contribution in [3.05, 3.63) is 28.2 Å². The van der Waals surface area contributed by atoms with E-state index in [1.54, 1.807) is 18.2 Å². The molecule has 0 radical (unpaired) electrons. The molecule has 0 fully saturated rings. The number of amides is 1. The Hall–Kier alpha value is -0.980. The predicted octanol–water partition coefficient (Wildman–Crippen LogP) is 3.48. The van der Waals surface area contributed by atoms with E-state index in [4.69, 9.17) is 27.9 Å². The van der Waals surface area contributed by atoms with Crippen LogP contribution < -0.4 is 10.1 Å². The fraction of sp³-hybridized carbons (Fsp3) is 0.562. The summed E-state index contributed by atoms with van der Waals surface area (Å²) < 4.78 is 29.0. The molecule has 1 amide bonds. The molecular weight excluding hydrogens is 373 g/mol. The molecule has 8 heteroatoms. The smallest absolute Gasteiger partial charge is 0.235 e. The average Bonchev–Trinajstić information content (AvgIpc) is 2.48. The standard InChI is InChI=1S/C16H23Cl2NO4S/c1-2-3-4-10-24(21,22)12-16(20)19-8-5-9-23-15-7-6-13(17)11-14(15)18/h6-7,11H,2-5,8-10,12H2,1H3,(H,19,20). The molecule has 1 N–H and O–H groups in total. The van der Waals surface area contributed by atoms with E-state index >= 15 is 0 Å². The van der Waals surface area contributed by atoms with E-state index in [2.05, 4.69) is 5.32 Å². The number of carbonyl (C=O) groups excluding carboxylic acids is 1. The van der Waals surface area contributed by atoms with Gasteiger partial charge in [-0.3, -0.25) is 4.79 Å². The van der Waals surface area contributed by atoms with Gasteiger partial charge in [-0.05, 0) is 31.0 Å². The summed E-state index contributed by atoms with van der Waals surface area (Å²) in [6.07, 6.45) is 2.94. The summed E-state index contributed by atoms with van der Waals surface area (Å²) in [6, 6.07) is 4.93. The van der Waals surface area contributed by atoms with E-state index in [1.165, 1.54) is 0 Å². The summed E-state index contributed by atoms with van der Waals surface area (Å²) >= 11 is 11.8. The quantitative estimate of drug-likeness (QED) is 0.582. The minimum atomic E-state index is -3.32. The molecule has 0 atom stereocenters. The van der Waals surface area contributed by atoms with Crippen molar-refractivity contribution in [2.75, 3.05) is 24.7 Å². The van der Waals surface area contributed by atoms with Crippen LogP contribution in [0.4, 0.5) is 0 Å². The minimum Gasteiger partial charge on any atom is -0.492 e. The van der Waals surface area contributed by atoms with E-state index < -0.39 is 21.5 Å². The van der Waals surface area contributed by atoms with Crippen molar-refractivity contribution < 1.29 is 17.9 Å². The molecule has 0 saturated heterocycles. The molecule has 0 heterocycles. The Morgan fingerprint density at radius 3 is 2.62 bits per heavy atom. The summed E-state index contributed by atoms with van der Waals surface area (Å²) in [5, 5.41) is 3.54. The molecule has 0 aliphatic rings. The SMILES string of the molecule is CCCCCS(=O)(=O)CC(=O)NCCCOc1ccc(Cl)cc1Cl. The number of carbonyl (C=O) groups is 1. The van der Waals surface area contributed by atoms with Crippen LogP contribution in [-0.2, 0) is 14.6 Å². The van der Waals surface area contributed by atoms with Crippen LogP contribution in [0.1, 0.15) is 32.6 Å². The van der Waals surface area contributed by atoms with Gasteiger partial charge in [0.2, 0.25) is 5.91 Å². The maximum atomic E-state index is 11.7. The minimum absolute atomic E-state index is 0.0619. The highest BCUT2D eigenvalue weighted by Crippen LogP contribution is 2.27. The second kappa shape index (κ2) is 10.8. The monoisotopic (exact) mass is 395 g/mol. The van der Waals surface area contributed by atoms with E-state index in [0.29, 0.717) is 41.8 Å². The van der Waals surface area contributed by atoms with Crippen LogP contribution in [0.2, 0.25) is 10.0 Å². The predicted molar refractivity (Wildman–Crippen MR) is 97.8 cm³/mol. The van der Waals surface area contributed by atoms with Gasteiger partial charge >= 0.3 is 0 Å². The van der Waals surface area contributed by atoms with E-state index in [0.717, 1.165) is 12.8 Å². The lowest BCUT2D eigenvalue weighted by Gasteiger charge is -2.09. The van der Waals surface area contributed by atoms with Gasteiger partial charge in [-0.2, -0.15) is 0 Å². The second-order valence-electron chi connectivity index (χ2n) is 5.43. The molecule has 0 aliphatic heterocycles. The van der Waals surface area contributed by atoms with Crippen molar-refractivity contribution in [1.82, 2.24) is 5.32 Å². The van der Waals surface area contributed by atoms with Crippen LogP contribution in [0.15, 0.2) is 18.2 Å². The Balaban J connectivity index is 2.21. The second-order valence-corrected chi connectivity index (χ2v) is 8.45. The Kier molecular flexibility index (Phi) is 9.48. The Bertz CT molecular complexity index is 635. The summed E-state index contributed by atoms with van der Waals surface area (Å²) in [6.45, 7) is 2.69. The Morgan fingerprint density at radius 2 is 1.96 bits per heavy atom. The zero-order valence-electron chi connectivity index (χ0n) is 13.7. The first kappa shape index (κ1) is 21.1. The lowest BCUT2D eigenvalue weighted by molar-refractivity contribution is -0.118. The number of nitrogens with one attached hydrogen (secondary N) is 1. The van der Waals surface area contributed by atoms with Crippen molar-refractivity contribution in [3.8, 4) is 5.75 Å². The first-order valence-electron chi connectivity index (χ1n) is 7.89. The van der Waals surface area contributed by atoms with Crippen LogP contribution in [0.3, 0.4) is 0 Å². The van der Waals surface area contributed by atoms with E-state index in [1.807, 2.05) is 6.92 Å². The number of ether oxygens (including phenoxy) is 1. The van der Waals surface area contributed by atoms with Gasteiger partial charge in [0.25, 0.3) is 0 Å². The highest BCUT2D eigenvalue weighted by atomic mass is 35.5. The summed E-state index contributed by atoms with van der Waals surface area (Å²) in [7, 11) is -3.32.